The van der Waals surface area contributed by atoms with Gasteiger partial charge in [-0.2, -0.15) is 4.31 Å². The minimum Gasteiger partial charge on any atom is -0.300 e. The average Bonchev–Trinajstić information content (AvgIpc) is 2.93. The first kappa shape index (κ1) is 14.6. The molecule has 2 aromatic carbocycles. The quantitative estimate of drug-likeness (QED) is 0.727. The summed E-state index contributed by atoms with van der Waals surface area (Å²) in [5, 5.41) is 0. The van der Waals surface area contributed by atoms with Crippen molar-refractivity contribution in [1.82, 2.24) is 4.31 Å². The van der Waals surface area contributed by atoms with Gasteiger partial charge in [0.15, 0.2) is 0 Å². The summed E-state index contributed by atoms with van der Waals surface area (Å²) in [4.78, 5) is 11.7. The van der Waals surface area contributed by atoms with E-state index in [1.807, 2.05) is 18.2 Å². The van der Waals surface area contributed by atoms with Crippen LogP contribution in [-0.2, 0) is 21.2 Å². The Morgan fingerprint density at radius 3 is 2.35 bits per heavy atom. The van der Waals surface area contributed by atoms with Crippen LogP contribution in [0.1, 0.15) is 24.0 Å². The molecule has 5 heteroatoms. The molecule has 2 aliphatic rings. The lowest BCUT2D eigenvalue weighted by atomic mass is 10.1. The van der Waals surface area contributed by atoms with Crippen LogP contribution in [0.2, 0.25) is 0 Å². The molecule has 1 heterocycles. The van der Waals surface area contributed by atoms with Crippen LogP contribution in [0.15, 0.2) is 47.4 Å². The molecule has 4 nitrogen and oxygen atoms in total. The number of Topliss-reactive ketones (excluding diaryl/α,β-unsaturated/α-hetero) is 1. The van der Waals surface area contributed by atoms with Gasteiger partial charge in [-0.05, 0) is 40.8 Å². The molecule has 1 fully saturated rings. The lowest BCUT2D eigenvalue weighted by Crippen LogP contribution is -2.38. The third-order valence-corrected chi connectivity index (χ3v) is 6.58. The van der Waals surface area contributed by atoms with E-state index in [0.29, 0.717) is 30.8 Å². The van der Waals surface area contributed by atoms with Gasteiger partial charge < -0.3 is 0 Å². The maximum Gasteiger partial charge on any atom is 0.243 e. The van der Waals surface area contributed by atoms with Gasteiger partial charge in [-0.25, -0.2) is 8.42 Å². The fourth-order valence-corrected chi connectivity index (χ4v) is 4.90. The van der Waals surface area contributed by atoms with Gasteiger partial charge >= 0.3 is 0 Å². The van der Waals surface area contributed by atoms with E-state index >= 15 is 0 Å². The molecule has 0 atom stereocenters. The van der Waals surface area contributed by atoms with Crippen LogP contribution in [0.3, 0.4) is 0 Å². The van der Waals surface area contributed by atoms with Crippen molar-refractivity contribution >= 4 is 15.8 Å². The average molecular weight is 327 g/mol. The zero-order chi connectivity index (χ0) is 16.0. The zero-order valence-corrected chi connectivity index (χ0v) is 13.5. The smallest absolute Gasteiger partial charge is 0.243 e. The van der Waals surface area contributed by atoms with Gasteiger partial charge in [0.1, 0.15) is 5.78 Å². The summed E-state index contributed by atoms with van der Waals surface area (Å²) in [6, 6.07) is 13.6. The van der Waals surface area contributed by atoms with E-state index in [4.69, 9.17) is 0 Å². The highest BCUT2D eigenvalue weighted by molar-refractivity contribution is 7.89. The fourth-order valence-electron chi connectivity index (χ4n) is 3.41. The molecule has 0 aromatic heterocycles. The number of carbonyl (C=O) groups is 1. The normalized spacial score (nSPS) is 17.8. The van der Waals surface area contributed by atoms with E-state index < -0.39 is 10.0 Å². The number of nitrogens with zero attached hydrogens (tertiary/aromatic N) is 1. The predicted octanol–water partition coefficient (Wildman–Crippen LogP) is 2.61. The number of carbonyl (C=O) groups excluding carboxylic acids is 1. The minimum atomic E-state index is -3.51. The molecule has 4 rings (SSSR count). The Hall–Kier alpha value is -1.98. The summed E-state index contributed by atoms with van der Waals surface area (Å²) >= 11 is 0. The summed E-state index contributed by atoms with van der Waals surface area (Å²) in [5.74, 6) is 0.140. The van der Waals surface area contributed by atoms with Gasteiger partial charge in [0.25, 0.3) is 0 Å². The number of ketones is 1. The molecule has 0 radical (unpaired) electrons. The third-order valence-electron chi connectivity index (χ3n) is 4.68. The Labute approximate surface area is 135 Å². The Morgan fingerprint density at radius 2 is 1.57 bits per heavy atom. The molecule has 0 saturated carbocycles. The summed E-state index contributed by atoms with van der Waals surface area (Å²) < 4.78 is 27.0. The summed E-state index contributed by atoms with van der Waals surface area (Å²) in [6.07, 6.45) is 1.40. The highest BCUT2D eigenvalue weighted by Gasteiger charge is 2.29. The molecule has 1 saturated heterocycles. The first-order chi connectivity index (χ1) is 11.1. The van der Waals surface area contributed by atoms with Crippen molar-refractivity contribution in [1.29, 1.82) is 0 Å². The van der Waals surface area contributed by atoms with E-state index in [1.165, 1.54) is 15.4 Å². The molecule has 1 aliphatic heterocycles. The van der Waals surface area contributed by atoms with Gasteiger partial charge in [-0.3, -0.25) is 4.79 Å². The van der Waals surface area contributed by atoms with E-state index in [0.717, 1.165) is 17.5 Å². The second-order valence-electron chi connectivity index (χ2n) is 6.10. The molecule has 0 amide bonds. The van der Waals surface area contributed by atoms with Crippen LogP contribution < -0.4 is 0 Å². The van der Waals surface area contributed by atoms with Crippen LogP contribution in [0.25, 0.3) is 11.1 Å². The number of rotatable bonds is 2. The van der Waals surface area contributed by atoms with Crippen molar-refractivity contribution in [3.8, 4) is 11.1 Å². The Morgan fingerprint density at radius 1 is 0.870 bits per heavy atom. The van der Waals surface area contributed by atoms with Gasteiger partial charge in [-0.15, -0.1) is 0 Å². The molecule has 118 valence electrons. The highest BCUT2D eigenvalue weighted by Crippen LogP contribution is 2.37. The van der Waals surface area contributed by atoms with Crippen molar-refractivity contribution in [2.45, 2.75) is 24.2 Å². The maximum atomic E-state index is 12.8. The minimum absolute atomic E-state index is 0.140. The molecule has 0 bridgehead atoms. The summed E-state index contributed by atoms with van der Waals surface area (Å²) in [5.41, 5.74) is 4.60. The molecule has 1 aliphatic carbocycles. The Balaban J connectivity index is 1.69. The molecule has 2 aromatic rings. The largest absolute Gasteiger partial charge is 0.300 e. The van der Waals surface area contributed by atoms with E-state index in [2.05, 4.69) is 12.1 Å². The van der Waals surface area contributed by atoms with Crippen LogP contribution in [0.4, 0.5) is 0 Å². The standard InChI is InChI=1S/C18H17NO3S/c20-15-7-9-19(10-8-15)23(21,22)16-5-6-18-14(12-16)11-13-3-1-2-4-17(13)18/h1-6,12H,7-11H2. The topological polar surface area (TPSA) is 54.5 Å². The van der Waals surface area contributed by atoms with Gasteiger partial charge in [-0.1, -0.05) is 30.3 Å². The second kappa shape index (κ2) is 5.28. The fraction of sp³-hybridized carbons (Fsp3) is 0.278. The number of hydrogen-bond donors (Lipinski definition) is 0. The van der Waals surface area contributed by atoms with Crippen LogP contribution in [0.5, 0.6) is 0 Å². The number of sulfonamides is 1. The molecular weight excluding hydrogens is 310 g/mol. The van der Waals surface area contributed by atoms with Crippen molar-refractivity contribution in [3.05, 3.63) is 53.6 Å². The first-order valence-corrected chi connectivity index (χ1v) is 9.23. The van der Waals surface area contributed by atoms with Gasteiger partial charge in [0.05, 0.1) is 4.90 Å². The Kier molecular flexibility index (Phi) is 3.36. The number of piperidine rings is 1. The highest BCUT2D eigenvalue weighted by atomic mass is 32.2. The lowest BCUT2D eigenvalue weighted by molar-refractivity contribution is -0.120. The molecule has 0 unspecified atom stereocenters. The second-order valence-corrected chi connectivity index (χ2v) is 8.03. The third kappa shape index (κ3) is 2.40. The van der Waals surface area contributed by atoms with Crippen molar-refractivity contribution in [2.24, 2.45) is 0 Å². The summed E-state index contributed by atoms with van der Waals surface area (Å²) in [6.45, 7) is 0.580. The zero-order valence-electron chi connectivity index (χ0n) is 12.7. The van der Waals surface area contributed by atoms with E-state index in [-0.39, 0.29) is 5.78 Å². The molecule has 0 N–H and O–H groups in total. The summed E-state index contributed by atoms with van der Waals surface area (Å²) in [7, 11) is -3.51. The van der Waals surface area contributed by atoms with Crippen LogP contribution in [0, 0.1) is 0 Å². The Bertz CT molecular complexity index is 892. The van der Waals surface area contributed by atoms with Crippen molar-refractivity contribution in [3.63, 3.8) is 0 Å². The van der Waals surface area contributed by atoms with Crippen molar-refractivity contribution < 1.29 is 13.2 Å². The van der Waals surface area contributed by atoms with Crippen molar-refractivity contribution in [2.75, 3.05) is 13.1 Å². The molecular formula is C18H17NO3S. The van der Waals surface area contributed by atoms with Gasteiger partial charge in [0.2, 0.25) is 10.0 Å². The number of hydrogen-bond acceptors (Lipinski definition) is 3. The first-order valence-electron chi connectivity index (χ1n) is 7.79. The van der Waals surface area contributed by atoms with E-state index in [1.54, 1.807) is 12.1 Å². The van der Waals surface area contributed by atoms with Gasteiger partial charge in [0, 0.05) is 25.9 Å². The van der Waals surface area contributed by atoms with Crippen LogP contribution in [-0.4, -0.2) is 31.6 Å². The maximum absolute atomic E-state index is 12.8. The monoisotopic (exact) mass is 327 g/mol. The number of fused-ring (bicyclic) bond motifs is 3. The predicted molar refractivity (Wildman–Crippen MR) is 87.7 cm³/mol. The van der Waals surface area contributed by atoms with E-state index in [9.17, 15) is 13.2 Å². The number of benzene rings is 2. The molecule has 23 heavy (non-hydrogen) atoms. The van der Waals surface area contributed by atoms with Crippen LogP contribution >= 0.6 is 0 Å². The molecule has 0 spiro atoms. The lowest BCUT2D eigenvalue weighted by Gasteiger charge is -2.25. The SMILES string of the molecule is O=C1CCN(S(=O)(=O)c2ccc3c(c2)Cc2ccccc2-3)CC1.